The molecule has 2 aromatic rings. The first-order valence-electron chi connectivity index (χ1n) is 7.49. The van der Waals surface area contributed by atoms with Crippen molar-refractivity contribution in [3.05, 3.63) is 70.8 Å². The lowest BCUT2D eigenvalue weighted by Gasteiger charge is -2.13. The molecule has 21 heavy (non-hydrogen) atoms. The summed E-state index contributed by atoms with van der Waals surface area (Å²) in [6, 6.07) is 16.4. The molecule has 0 spiro atoms. The highest BCUT2D eigenvalue weighted by Gasteiger charge is 2.14. The predicted molar refractivity (Wildman–Crippen MR) is 85.6 cm³/mol. The summed E-state index contributed by atoms with van der Waals surface area (Å²) >= 11 is 0. The van der Waals surface area contributed by atoms with Gasteiger partial charge in [0, 0.05) is 0 Å². The molecular formula is C19H22O2. The highest BCUT2D eigenvalue weighted by Crippen LogP contribution is 2.20. The van der Waals surface area contributed by atoms with Gasteiger partial charge in [-0.3, -0.25) is 0 Å². The van der Waals surface area contributed by atoms with Gasteiger partial charge in [0.25, 0.3) is 0 Å². The number of rotatable bonds is 6. The Hall–Kier alpha value is -2.09. The van der Waals surface area contributed by atoms with Gasteiger partial charge in [-0.2, -0.15) is 0 Å². The molecule has 0 N–H and O–H groups in total. The summed E-state index contributed by atoms with van der Waals surface area (Å²) in [6.07, 6.45) is 3.87. The number of benzene rings is 2. The molecule has 0 aromatic heterocycles. The second-order valence-electron chi connectivity index (χ2n) is 5.17. The Morgan fingerprint density at radius 3 is 2.38 bits per heavy atom. The van der Waals surface area contributed by atoms with E-state index < -0.39 is 0 Å². The van der Waals surface area contributed by atoms with Crippen molar-refractivity contribution in [2.24, 2.45) is 0 Å². The Bertz CT molecular complexity index is 588. The molecule has 0 aliphatic carbocycles. The van der Waals surface area contributed by atoms with E-state index in [0.717, 1.165) is 31.2 Å². The summed E-state index contributed by atoms with van der Waals surface area (Å²) in [5.74, 6) is -0.236. The van der Waals surface area contributed by atoms with Crippen LogP contribution in [0.25, 0.3) is 0 Å². The van der Waals surface area contributed by atoms with Crippen LogP contribution in [0.4, 0.5) is 0 Å². The van der Waals surface area contributed by atoms with Crippen LogP contribution in [0.15, 0.2) is 48.5 Å². The Morgan fingerprint density at radius 2 is 1.71 bits per heavy atom. The van der Waals surface area contributed by atoms with Crippen LogP contribution in [0, 0.1) is 0 Å². The number of carbonyl (C=O) groups is 1. The number of carbonyl (C=O) groups excluding carboxylic acids is 1. The SMILES string of the molecule is CCCc1c(CCc2ccccc2)cccc1C(=O)OC. The van der Waals surface area contributed by atoms with Gasteiger partial charge in [0.15, 0.2) is 0 Å². The fourth-order valence-corrected chi connectivity index (χ4v) is 2.64. The molecule has 2 aromatic carbocycles. The fourth-order valence-electron chi connectivity index (χ4n) is 2.64. The van der Waals surface area contributed by atoms with E-state index in [0.29, 0.717) is 5.56 Å². The van der Waals surface area contributed by atoms with E-state index in [1.165, 1.54) is 18.2 Å². The molecule has 2 heteroatoms. The van der Waals surface area contributed by atoms with Crippen molar-refractivity contribution >= 4 is 5.97 Å². The number of ether oxygens (including phenoxy) is 1. The lowest BCUT2D eigenvalue weighted by Crippen LogP contribution is -2.09. The first kappa shape index (κ1) is 15.3. The predicted octanol–water partition coefficient (Wildman–Crippen LogP) is 4.21. The van der Waals surface area contributed by atoms with Crippen molar-refractivity contribution in [3.8, 4) is 0 Å². The maximum Gasteiger partial charge on any atom is 0.338 e. The van der Waals surface area contributed by atoms with Crippen LogP contribution in [0.1, 0.15) is 40.4 Å². The van der Waals surface area contributed by atoms with Gasteiger partial charge < -0.3 is 4.74 Å². The van der Waals surface area contributed by atoms with Crippen LogP contribution in [0.5, 0.6) is 0 Å². The highest BCUT2D eigenvalue weighted by atomic mass is 16.5. The van der Waals surface area contributed by atoms with Crippen molar-refractivity contribution in [2.45, 2.75) is 32.6 Å². The van der Waals surface area contributed by atoms with Crippen molar-refractivity contribution in [1.29, 1.82) is 0 Å². The van der Waals surface area contributed by atoms with Gasteiger partial charge in [0.1, 0.15) is 0 Å². The van der Waals surface area contributed by atoms with Gasteiger partial charge in [-0.15, -0.1) is 0 Å². The van der Waals surface area contributed by atoms with Gasteiger partial charge in [-0.25, -0.2) is 4.79 Å². The lowest BCUT2D eigenvalue weighted by atomic mass is 9.93. The molecular weight excluding hydrogens is 260 g/mol. The number of aryl methyl sites for hydroxylation is 2. The van der Waals surface area contributed by atoms with E-state index in [2.05, 4.69) is 37.3 Å². The first-order valence-corrected chi connectivity index (χ1v) is 7.49. The second kappa shape index (κ2) is 7.63. The highest BCUT2D eigenvalue weighted by molar-refractivity contribution is 5.91. The molecule has 2 nitrogen and oxygen atoms in total. The van der Waals surface area contributed by atoms with E-state index in [-0.39, 0.29) is 5.97 Å². The molecule has 0 aliphatic rings. The van der Waals surface area contributed by atoms with Crippen LogP contribution in [-0.2, 0) is 24.0 Å². The number of esters is 1. The Morgan fingerprint density at radius 1 is 0.952 bits per heavy atom. The molecule has 0 radical (unpaired) electrons. The smallest absolute Gasteiger partial charge is 0.338 e. The third-order valence-electron chi connectivity index (χ3n) is 3.70. The third kappa shape index (κ3) is 3.94. The molecule has 0 amide bonds. The van der Waals surface area contributed by atoms with Crippen LogP contribution in [-0.4, -0.2) is 13.1 Å². The molecule has 110 valence electrons. The maximum atomic E-state index is 11.9. The van der Waals surface area contributed by atoms with Crippen molar-refractivity contribution in [1.82, 2.24) is 0 Å². The van der Waals surface area contributed by atoms with Crippen LogP contribution in [0.3, 0.4) is 0 Å². The molecule has 0 heterocycles. The monoisotopic (exact) mass is 282 g/mol. The molecule has 0 saturated heterocycles. The standard InChI is InChI=1S/C19H22O2/c1-3-8-17-16(11-7-12-18(17)19(20)21-2)14-13-15-9-5-4-6-10-15/h4-7,9-12H,3,8,13-14H2,1-2H3. The van der Waals surface area contributed by atoms with E-state index in [1.807, 2.05) is 18.2 Å². The zero-order valence-electron chi connectivity index (χ0n) is 12.8. The molecule has 2 rings (SSSR count). The van der Waals surface area contributed by atoms with E-state index >= 15 is 0 Å². The molecule has 0 aliphatic heterocycles. The van der Waals surface area contributed by atoms with E-state index in [4.69, 9.17) is 4.74 Å². The zero-order chi connectivity index (χ0) is 15.1. The van der Waals surface area contributed by atoms with Gasteiger partial charge in [0.2, 0.25) is 0 Å². The quantitative estimate of drug-likeness (QED) is 0.742. The lowest BCUT2D eigenvalue weighted by molar-refractivity contribution is 0.0599. The summed E-state index contributed by atoms with van der Waals surface area (Å²) in [5.41, 5.74) is 4.43. The Kier molecular flexibility index (Phi) is 5.56. The molecule has 0 fully saturated rings. The summed E-state index contributed by atoms with van der Waals surface area (Å²) in [5, 5.41) is 0. The minimum atomic E-state index is -0.236. The van der Waals surface area contributed by atoms with E-state index in [9.17, 15) is 4.79 Å². The first-order chi connectivity index (χ1) is 10.3. The normalized spacial score (nSPS) is 10.4. The summed E-state index contributed by atoms with van der Waals surface area (Å²) in [4.78, 5) is 11.9. The van der Waals surface area contributed by atoms with Crippen molar-refractivity contribution in [3.63, 3.8) is 0 Å². The van der Waals surface area contributed by atoms with Crippen LogP contribution < -0.4 is 0 Å². The molecule has 0 saturated carbocycles. The minimum absolute atomic E-state index is 0.236. The van der Waals surface area contributed by atoms with Gasteiger partial charge in [0.05, 0.1) is 12.7 Å². The minimum Gasteiger partial charge on any atom is -0.465 e. The number of hydrogen-bond donors (Lipinski definition) is 0. The average Bonchev–Trinajstić information content (AvgIpc) is 2.54. The molecule has 0 atom stereocenters. The van der Waals surface area contributed by atoms with Crippen molar-refractivity contribution < 1.29 is 9.53 Å². The molecule has 0 bridgehead atoms. The van der Waals surface area contributed by atoms with Crippen molar-refractivity contribution in [2.75, 3.05) is 7.11 Å². The van der Waals surface area contributed by atoms with Gasteiger partial charge >= 0.3 is 5.97 Å². The maximum absolute atomic E-state index is 11.9. The third-order valence-corrected chi connectivity index (χ3v) is 3.70. The Balaban J connectivity index is 2.23. The second-order valence-corrected chi connectivity index (χ2v) is 5.17. The number of methoxy groups -OCH3 is 1. The largest absolute Gasteiger partial charge is 0.465 e. The summed E-state index contributed by atoms with van der Waals surface area (Å²) in [7, 11) is 1.44. The van der Waals surface area contributed by atoms with Crippen LogP contribution >= 0.6 is 0 Å². The Labute approximate surface area is 126 Å². The summed E-state index contributed by atoms with van der Waals surface area (Å²) in [6.45, 7) is 2.13. The fraction of sp³-hybridized carbons (Fsp3) is 0.316. The average molecular weight is 282 g/mol. The van der Waals surface area contributed by atoms with E-state index in [1.54, 1.807) is 0 Å². The number of hydrogen-bond acceptors (Lipinski definition) is 2. The zero-order valence-corrected chi connectivity index (χ0v) is 12.8. The van der Waals surface area contributed by atoms with Crippen LogP contribution in [0.2, 0.25) is 0 Å². The van der Waals surface area contributed by atoms with Gasteiger partial charge in [-0.1, -0.05) is 55.8 Å². The molecule has 0 unspecified atom stereocenters. The summed E-state index contributed by atoms with van der Waals surface area (Å²) < 4.78 is 4.90. The van der Waals surface area contributed by atoms with Gasteiger partial charge in [-0.05, 0) is 42.0 Å². The topological polar surface area (TPSA) is 26.3 Å².